The van der Waals surface area contributed by atoms with Gasteiger partial charge in [0.2, 0.25) is 0 Å². The third kappa shape index (κ3) is 3.00. The summed E-state index contributed by atoms with van der Waals surface area (Å²) in [6.07, 6.45) is 5.54. The summed E-state index contributed by atoms with van der Waals surface area (Å²) in [6, 6.07) is 0. The van der Waals surface area contributed by atoms with Gasteiger partial charge in [0.15, 0.2) is 11.6 Å². The molecule has 0 bridgehead atoms. The first-order valence-electron chi connectivity index (χ1n) is 11.8. The zero-order chi connectivity index (χ0) is 22.0. The van der Waals surface area contributed by atoms with Crippen LogP contribution in [0.3, 0.4) is 0 Å². The molecule has 0 amide bonds. The van der Waals surface area contributed by atoms with Crippen molar-refractivity contribution in [3.63, 3.8) is 0 Å². The molecule has 4 heteroatoms. The molecule has 30 heavy (non-hydrogen) atoms. The van der Waals surface area contributed by atoms with E-state index < -0.39 is 0 Å². The van der Waals surface area contributed by atoms with E-state index in [1.807, 2.05) is 6.92 Å². The normalized spacial score (nSPS) is 42.0. The van der Waals surface area contributed by atoms with Gasteiger partial charge in [-0.3, -0.25) is 14.4 Å². The Hall–Kier alpha value is -1.58. The van der Waals surface area contributed by atoms with Crippen LogP contribution in [0.25, 0.3) is 0 Å². The first-order chi connectivity index (χ1) is 14.0. The molecule has 2 fully saturated rings. The Morgan fingerprint density at radius 1 is 1.13 bits per heavy atom. The van der Waals surface area contributed by atoms with Crippen LogP contribution in [0.2, 0.25) is 0 Å². The van der Waals surface area contributed by atoms with Crippen molar-refractivity contribution in [3.8, 4) is 0 Å². The Labute approximate surface area is 180 Å². The number of hydrogen-bond acceptors (Lipinski definition) is 4. The smallest absolute Gasteiger partial charge is 0.160 e. The van der Waals surface area contributed by atoms with Crippen molar-refractivity contribution >= 4 is 23.1 Å². The molecule has 164 valence electrons. The van der Waals surface area contributed by atoms with Crippen LogP contribution >= 0.6 is 0 Å². The van der Waals surface area contributed by atoms with Crippen LogP contribution in [0.1, 0.15) is 86.0 Å². The van der Waals surface area contributed by atoms with E-state index >= 15 is 0 Å². The molecule has 4 rings (SSSR count). The van der Waals surface area contributed by atoms with Crippen molar-refractivity contribution in [3.05, 3.63) is 11.1 Å². The molecule has 0 aromatic carbocycles. The fraction of sp³-hybridized carbons (Fsp3) is 0.769. The molecule has 0 aliphatic heterocycles. The highest BCUT2D eigenvalue weighted by Crippen LogP contribution is 2.64. The van der Waals surface area contributed by atoms with Crippen molar-refractivity contribution in [2.45, 2.75) is 86.0 Å². The van der Waals surface area contributed by atoms with Crippen LogP contribution < -0.4 is 0 Å². The summed E-state index contributed by atoms with van der Waals surface area (Å²) in [5.74, 6) is 1.42. The minimum atomic E-state index is -0.340. The summed E-state index contributed by atoms with van der Waals surface area (Å²) in [5.41, 5.74) is 1.09. The summed E-state index contributed by atoms with van der Waals surface area (Å²) in [7, 11) is 0. The van der Waals surface area contributed by atoms with Crippen LogP contribution in [0.4, 0.5) is 0 Å². The van der Waals surface area contributed by atoms with Crippen molar-refractivity contribution in [1.82, 2.24) is 0 Å². The first kappa shape index (κ1) is 21.6. The number of rotatable bonds is 4. The minimum Gasteiger partial charge on any atom is -0.300 e. The number of Topliss-reactive ketones (excluding diaryl/α,β-unsaturated/α-hetero) is 4. The standard InChI is InChI=1S/C26H36O4/c1-14(6-7-15(2)27)17-8-9-18-23-21(29)12-19-16(3)20(28)10-11-25(19,4)24(23)22(30)13-26(17,18)5/h14,16-19H,6-13H2,1-5H3/t14-,16+,17-,18+,19+,25+,26-/m1/s1. The van der Waals surface area contributed by atoms with Gasteiger partial charge in [0.05, 0.1) is 0 Å². The summed E-state index contributed by atoms with van der Waals surface area (Å²) in [5, 5.41) is 0. The van der Waals surface area contributed by atoms with Gasteiger partial charge in [0.25, 0.3) is 0 Å². The molecule has 2 saturated carbocycles. The summed E-state index contributed by atoms with van der Waals surface area (Å²) >= 11 is 0. The predicted octanol–water partition coefficient (Wildman–Crippen LogP) is 4.89. The minimum absolute atomic E-state index is 0.0370. The highest BCUT2D eigenvalue weighted by Gasteiger charge is 2.61. The Balaban J connectivity index is 1.73. The molecule has 0 saturated heterocycles. The highest BCUT2D eigenvalue weighted by atomic mass is 16.1. The van der Waals surface area contributed by atoms with E-state index in [1.54, 1.807) is 6.92 Å². The van der Waals surface area contributed by atoms with E-state index in [9.17, 15) is 19.2 Å². The number of allylic oxidation sites excluding steroid dienone is 2. The SMILES string of the molecule is CC(=O)CC[C@@H](C)[C@H]1CC[C@H]2C3=C(C(=O)C[C@]12C)[C@@]1(C)CCC(=O)[C@@H](C)[C@@H]1CC3=O. The quantitative estimate of drug-likeness (QED) is 0.659. The Kier molecular flexibility index (Phi) is 5.22. The van der Waals surface area contributed by atoms with Gasteiger partial charge in [0.1, 0.15) is 11.6 Å². The lowest BCUT2D eigenvalue weighted by atomic mass is 9.48. The number of carbonyl (C=O) groups is 4. The van der Waals surface area contributed by atoms with Gasteiger partial charge >= 0.3 is 0 Å². The Morgan fingerprint density at radius 2 is 1.83 bits per heavy atom. The fourth-order valence-corrected chi connectivity index (χ4v) is 7.87. The van der Waals surface area contributed by atoms with E-state index in [-0.39, 0.29) is 51.7 Å². The van der Waals surface area contributed by atoms with Gasteiger partial charge in [-0.15, -0.1) is 0 Å². The van der Waals surface area contributed by atoms with Gasteiger partial charge in [-0.05, 0) is 61.7 Å². The molecule has 4 aliphatic carbocycles. The molecule has 7 atom stereocenters. The Bertz CT molecular complexity index is 851. The van der Waals surface area contributed by atoms with Gasteiger partial charge in [0, 0.05) is 48.2 Å². The summed E-state index contributed by atoms with van der Waals surface area (Å²) < 4.78 is 0. The average Bonchev–Trinajstić information content (AvgIpc) is 3.01. The summed E-state index contributed by atoms with van der Waals surface area (Å²) in [4.78, 5) is 51.0. The highest BCUT2D eigenvalue weighted by molar-refractivity contribution is 6.11. The van der Waals surface area contributed by atoms with Gasteiger partial charge in [-0.2, -0.15) is 0 Å². The zero-order valence-electron chi connectivity index (χ0n) is 19.2. The maximum absolute atomic E-state index is 13.7. The Morgan fingerprint density at radius 3 is 2.50 bits per heavy atom. The lowest BCUT2D eigenvalue weighted by molar-refractivity contribution is -0.137. The molecule has 0 N–H and O–H groups in total. The van der Waals surface area contributed by atoms with E-state index in [0.717, 1.165) is 30.4 Å². The summed E-state index contributed by atoms with van der Waals surface area (Å²) in [6.45, 7) is 10.2. The first-order valence-corrected chi connectivity index (χ1v) is 11.8. The van der Waals surface area contributed by atoms with E-state index in [2.05, 4.69) is 20.8 Å². The lowest BCUT2D eigenvalue weighted by Crippen LogP contribution is -2.53. The average molecular weight is 413 g/mol. The fourth-order valence-electron chi connectivity index (χ4n) is 7.87. The maximum Gasteiger partial charge on any atom is 0.160 e. The molecular formula is C26H36O4. The number of fused-ring (bicyclic) bond motifs is 4. The number of carbonyl (C=O) groups excluding carboxylic acids is 4. The largest absolute Gasteiger partial charge is 0.300 e. The molecule has 0 heterocycles. The van der Waals surface area contributed by atoms with Crippen LogP contribution in [-0.2, 0) is 19.2 Å². The second-order valence-corrected chi connectivity index (χ2v) is 11.3. The molecule has 0 spiro atoms. The van der Waals surface area contributed by atoms with E-state index in [4.69, 9.17) is 0 Å². The van der Waals surface area contributed by atoms with Crippen LogP contribution in [-0.4, -0.2) is 23.1 Å². The van der Waals surface area contributed by atoms with Crippen molar-refractivity contribution < 1.29 is 19.2 Å². The lowest BCUT2D eigenvalue weighted by Gasteiger charge is -2.53. The molecule has 0 aromatic heterocycles. The molecule has 0 radical (unpaired) electrons. The van der Waals surface area contributed by atoms with E-state index in [0.29, 0.717) is 43.9 Å². The van der Waals surface area contributed by atoms with Crippen LogP contribution in [0, 0.1) is 40.4 Å². The van der Waals surface area contributed by atoms with Gasteiger partial charge in [-0.1, -0.05) is 27.7 Å². The number of hydrogen-bond donors (Lipinski definition) is 0. The third-order valence-electron chi connectivity index (χ3n) is 9.58. The third-order valence-corrected chi connectivity index (χ3v) is 9.58. The monoisotopic (exact) mass is 412 g/mol. The van der Waals surface area contributed by atoms with Gasteiger partial charge in [-0.25, -0.2) is 0 Å². The number of ketones is 4. The zero-order valence-corrected chi connectivity index (χ0v) is 19.2. The molecule has 0 aromatic rings. The van der Waals surface area contributed by atoms with Crippen molar-refractivity contribution in [2.24, 2.45) is 40.4 Å². The molecule has 4 aliphatic rings. The molecule has 0 unspecified atom stereocenters. The molecule has 4 nitrogen and oxygen atoms in total. The maximum atomic E-state index is 13.7. The molecular weight excluding hydrogens is 376 g/mol. The second-order valence-electron chi connectivity index (χ2n) is 11.3. The second kappa shape index (κ2) is 7.24. The predicted molar refractivity (Wildman–Crippen MR) is 115 cm³/mol. The van der Waals surface area contributed by atoms with E-state index in [1.165, 1.54) is 0 Å². The van der Waals surface area contributed by atoms with Crippen LogP contribution in [0.15, 0.2) is 11.1 Å². The topological polar surface area (TPSA) is 68.3 Å². The van der Waals surface area contributed by atoms with Crippen LogP contribution in [0.5, 0.6) is 0 Å². The van der Waals surface area contributed by atoms with Gasteiger partial charge < -0.3 is 4.79 Å². The van der Waals surface area contributed by atoms with Crippen molar-refractivity contribution in [2.75, 3.05) is 0 Å². The van der Waals surface area contributed by atoms with Crippen molar-refractivity contribution in [1.29, 1.82) is 0 Å².